The lowest BCUT2D eigenvalue weighted by Gasteiger charge is -2.16. The average molecular weight is 549 g/mol. The zero-order valence-electron chi connectivity index (χ0n) is 20.9. The summed E-state index contributed by atoms with van der Waals surface area (Å²) in [6.07, 6.45) is 20.7. The normalized spacial score (nSPS) is 14.1. The van der Waals surface area contributed by atoms with Crippen LogP contribution in [-0.2, 0) is 42.9 Å². The Hall–Kier alpha value is -0.530. The molecule has 12 heteroatoms. The van der Waals surface area contributed by atoms with Gasteiger partial charge in [0.05, 0.1) is 20.0 Å². The molecule has 0 bridgehead atoms. The second kappa shape index (κ2) is 18.7. The second-order valence-electron chi connectivity index (χ2n) is 8.33. The van der Waals surface area contributed by atoms with Gasteiger partial charge in [-0.25, -0.2) is 0 Å². The number of allylic oxidation sites excluding steroid dienone is 2. The maximum Gasteiger partial charge on any atom is 0.289 e. The molecule has 0 aromatic rings. The Balaban J connectivity index is 3.99. The van der Waals surface area contributed by atoms with Crippen molar-refractivity contribution in [2.24, 2.45) is 0 Å². The molecule has 0 aliphatic heterocycles. The molecule has 0 N–H and O–H groups in total. The fourth-order valence-corrected chi connectivity index (χ4v) is 6.50. The average Bonchev–Trinajstić information content (AvgIpc) is 2.74. The van der Waals surface area contributed by atoms with Gasteiger partial charge in [0.2, 0.25) is 4.58 Å². The second-order valence-corrected chi connectivity index (χ2v) is 14.0. The molecule has 0 radical (unpaired) electrons. The van der Waals surface area contributed by atoms with E-state index in [-0.39, 0.29) is 6.61 Å². The van der Waals surface area contributed by atoms with E-state index < -0.39 is 41.5 Å². The monoisotopic (exact) mass is 548 g/mol. The number of hydrogen-bond donors (Lipinski definition) is 0. The van der Waals surface area contributed by atoms with Crippen LogP contribution in [0.3, 0.4) is 0 Å². The van der Waals surface area contributed by atoms with Crippen LogP contribution in [0.15, 0.2) is 12.2 Å². The summed E-state index contributed by atoms with van der Waals surface area (Å²) in [5.41, 5.74) is 0. The van der Waals surface area contributed by atoms with Gasteiger partial charge in [-0.3, -0.25) is 12.5 Å². The van der Waals surface area contributed by atoms with Crippen molar-refractivity contribution in [2.75, 3.05) is 26.6 Å². The lowest BCUT2D eigenvalue weighted by molar-refractivity contribution is 0.283. The largest absolute Gasteiger partial charge is 0.289 e. The van der Waals surface area contributed by atoms with Crippen molar-refractivity contribution < 1.29 is 37.8 Å². The first-order chi connectivity index (χ1) is 16.0. The van der Waals surface area contributed by atoms with Crippen LogP contribution in [0, 0.1) is 0 Å². The van der Waals surface area contributed by atoms with Crippen molar-refractivity contribution in [1.29, 1.82) is 0 Å². The predicted molar refractivity (Wildman–Crippen MR) is 135 cm³/mol. The van der Waals surface area contributed by atoms with Crippen LogP contribution in [0.25, 0.3) is 0 Å². The van der Waals surface area contributed by atoms with E-state index in [4.69, 9.17) is 4.18 Å². The van der Waals surface area contributed by atoms with Gasteiger partial charge in [-0.05, 0) is 32.1 Å². The van der Waals surface area contributed by atoms with Gasteiger partial charge >= 0.3 is 0 Å². The van der Waals surface area contributed by atoms with E-state index in [2.05, 4.69) is 27.4 Å². The molecule has 0 aromatic heterocycles. The number of rotatable bonds is 23. The smallest absolute Gasteiger partial charge is 0.272 e. The summed E-state index contributed by atoms with van der Waals surface area (Å²) in [5.74, 6) is 0. The summed E-state index contributed by atoms with van der Waals surface area (Å²) in [5, 5.41) is 0. The third-order valence-corrected chi connectivity index (χ3v) is 9.70. The molecule has 0 rings (SSSR count). The highest BCUT2D eigenvalue weighted by molar-refractivity contribution is 8.04. The van der Waals surface area contributed by atoms with Crippen molar-refractivity contribution in [3.05, 3.63) is 12.2 Å². The van der Waals surface area contributed by atoms with Crippen molar-refractivity contribution >= 4 is 30.4 Å². The molecule has 0 saturated heterocycles. The molecule has 1 unspecified atom stereocenters. The van der Waals surface area contributed by atoms with E-state index in [9.17, 15) is 25.3 Å². The Labute approximate surface area is 208 Å². The van der Waals surface area contributed by atoms with Crippen LogP contribution in [0.2, 0.25) is 0 Å². The van der Waals surface area contributed by atoms with Crippen LogP contribution in [0.5, 0.6) is 0 Å². The minimum Gasteiger partial charge on any atom is -0.272 e. The highest BCUT2D eigenvalue weighted by atomic mass is 32.3. The van der Waals surface area contributed by atoms with E-state index in [0.717, 1.165) is 52.1 Å². The van der Waals surface area contributed by atoms with Gasteiger partial charge in [-0.15, -0.1) is 0 Å². The number of unbranched alkanes of at least 4 members (excludes halogenated alkanes) is 12. The predicted octanol–water partition coefficient (Wildman–Crippen LogP) is 4.65. The molecule has 0 heterocycles. The summed E-state index contributed by atoms with van der Waals surface area (Å²) in [7, 11) is -12.5. The summed E-state index contributed by atoms with van der Waals surface area (Å²) in [6, 6.07) is 0. The maximum absolute atomic E-state index is 12.3. The Morgan fingerprint density at radius 3 is 1.59 bits per heavy atom. The molecule has 0 aromatic carbocycles. The van der Waals surface area contributed by atoms with Gasteiger partial charge in [0.25, 0.3) is 30.4 Å². The summed E-state index contributed by atoms with van der Waals surface area (Å²) in [6.45, 7) is 0.896. The van der Waals surface area contributed by atoms with Crippen molar-refractivity contribution in [3.63, 3.8) is 0 Å². The van der Waals surface area contributed by atoms with Gasteiger partial charge in [0, 0.05) is 0 Å². The molecule has 0 saturated carbocycles. The van der Waals surface area contributed by atoms with E-state index in [0.29, 0.717) is 12.7 Å². The van der Waals surface area contributed by atoms with Gasteiger partial charge in [0.15, 0.2) is 0 Å². The fourth-order valence-electron chi connectivity index (χ4n) is 3.20. The van der Waals surface area contributed by atoms with Crippen molar-refractivity contribution in [3.8, 4) is 0 Å². The summed E-state index contributed by atoms with van der Waals surface area (Å²) in [4.78, 5) is 0. The standard InChI is InChI=1S/C22H44O9S3/c1-4-5-6-7-8-9-10-11-12-13-14-15-16-17-18-19-20-30-34(27,28)22(33(25,26)29-2)21-31-32(3,23)24/h11-12,22H,4-10,13-21H2,1-3H3/b12-11-. The molecular formula is C22H44O9S3. The molecule has 0 amide bonds. The van der Waals surface area contributed by atoms with E-state index in [1.807, 2.05) is 0 Å². The van der Waals surface area contributed by atoms with E-state index in [1.54, 1.807) is 0 Å². The summed E-state index contributed by atoms with van der Waals surface area (Å²) < 4.78 is 81.6. The van der Waals surface area contributed by atoms with Crippen LogP contribution in [-0.4, -0.2) is 56.4 Å². The van der Waals surface area contributed by atoms with Crippen LogP contribution in [0.1, 0.15) is 96.8 Å². The lowest BCUT2D eigenvalue weighted by atomic mass is 10.1. The molecule has 0 spiro atoms. The summed E-state index contributed by atoms with van der Waals surface area (Å²) >= 11 is 0. The molecule has 34 heavy (non-hydrogen) atoms. The van der Waals surface area contributed by atoms with Crippen LogP contribution < -0.4 is 0 Å². The maximum atomic E-state index is 12.3. The van der Waals surface area contributed by atoms with Crippen LogP contribution >= 0.6 is 0 Å². The minimum absolute atomic E-state index is 0.196. The van der Waals surface area contributed by atoms with Gasteiger partial charge < -0.3 is 0 Å². The lowest BCUT2D eigenvalue weighted by Crippen LogP contribution is -2.37. The van der Waals surface area contributed by atoms with E-state index >= 15 is 0 Å². The Morgan fingerprint density at radius 2 is 1.12 bits per heavy atom. The third kappa shape index (κ3) is 17.8. The van der Waals surface area contributed by atoms with Gasteiger partial charge in [-0.2, -0.15) is 25.3 Å². The molecule has 0 aliphatic carbocycles. The first-order valence-corrected chi connectivity index (χ1v) is 16.9. The number of hydrogen-bond acceptors (Lipinski definition) is 9. The SMILES string of the molecule is CCCCCCCC/C=C\CCCCCCCCOS(=O)(=O)C(COS(C)(=O)=O)S(=O)(=O)OC. The Morgan fingerprint density at radius 1 is 0.647 bits per heavy atom. The van der Waals surface area contributed by atoms with Crippen molar-refractivity contribution in [2.45, 2.75) is 101 Å². The highest BCUT2D eigenvalue weighted by Crippen LogP contribution is 2.16. The molecule has 0 aliphatic rings. The topological polar surface area (TPSA) is 130 Å². The van der Waals surface area contributed by atoms with E-state index in [1.165, 1.54) is 38.5 Å². The zero-order chi connectivity index (χ0) is 25.9. The van der Waals surface area contributed by atoms with Crippen molar-refractivity contribution in [1.82, 2.24) is 0 Å². The van der Waals surface area contributed by atoms with Gasteiger partial charge in [-0.1, -0.05) is 76.9 Å². The Bertz CT molecular complexity index is 848. The molecular weight excluding hydrogens is 504 g/mol. The van der Waals surface area contributed by atoms with Crippen LogP contribution in [0.4, 0.5) is 0 Å². The molecule has 204 valence electrons. The third-order valence-electron chi connectivity index (χ3n) is 5.20. The zero-order valence-corrected chi connectivity index (χ0v) is 23.4. The first kappa shape index (κ1) is 33.5. The quantitative estimate of drug-likeness (QED) is 0.102. The molecule has 0 fully saturated rings. The molecule has 1 atom stereocenters. The first-order valence-electron chi connectivity index (χ1n) is 12.1. The fraction of sp³-hybridized carbons (Fsp3) is 0.909. The Kier molecular flexibility index (Phi) is 18.4. The molecule has 9 nitrogen and oxygen atoms in total. The van der Waals surface area contributed by atoms with Gasteiger partial charge in [0.1, 0.15) is 6.61 Å². The highest BCUT2D eigenvalue weighted by Gasteiger charge is 2.40. The minimum atomic E-state index is -4.65.